The molecule has 0 atom stereocenters. The van der Waals surface area contributed by atoms with E-state index in [0.717, 1.165) is 11.1 Å². The van der Waals surface area contributed by atoms with Crippen molar-refractivity contribution in [3.63, 3.8) is 0 Å². The first-order chi connectivity index (χ1) is 6.33. The fourth-order valence-electron chi connectivity index (χ4n) is 0.890. The average molecular weight is 174 g/mol. The summed E-state index contributed by atoms with van der Waals surface area (Å²) >= 11 is 0. The zero-order valence-corrected chi connectivity index (χ0v) is 7.75. The van der Waals surface area contributed by atoms with Gasteiger partial charge in [-0.25, -0.2) is 0 Å². The summed E-state index contributed by atoms with van der Waals surface area (Å²) in [5.41, 5.74) is 2.12. The number of hydrogen-bond donors (Lipinski definition) is 2. The maximum atomic E-state index is 3.87. The summed E-state index contributed by atoms with van der Waals surface area (Å²) < 4.78 is 0. The number of aromatic nitrogens is 1. The van der Waals surface area contributed by atoms with Crippen molar-refractivity contribution in [2.24, 2.45) is 0 Å². The average Bonchev–Trinajstić information content (AvgIpc) is 2.64. The minimum Gasteiger partial charge on any atom is -0.394 e. The van der Waals surface area contributed by atoms with Crippen molar-refractivity contribution >= 4 is 6.08 Å². The second kappa shape index (κ2) is 5.04. The summed E-state index contributed by atoms with van der Waals surface area (Å²) in [7, 11) is 1.86. The van der Waals surface area contributed by atoms with Gasteiger partial charge in [-0.3, -0.25) is 0 Å². The van der Waals surface area contributed by atoms with E-state index >= 15 is 0 Å². The molecule has 0 bridgehead atoms. The van der Waals surface area contributed by atoms with Crippen LogP contribution in [0.3, 0.4) is 0 Å². The van der Waals surface area contributed by atoms with Crippen LogP contribution in [0.25, 0.3) is 6.08 Å². The summed E-state index contributed by atoms with van der Waals surface area (Å²) in [5, 5.41) is 2.91. The Bertz CT molecular complexity index is 305. The van der Waals surface area contributed by atoms with Crippen molar-refractivity contribution in [1.29, 1.82) is 0 Å². The molecule has 0 saturated heterocycles. The third kappa shape index (κ3) is 3.47. The Labute approximate surface area is 78.7 Å². The van der Waals surface area contributed by atoms with Crippen molar-refractivity contribution < 1.29 is 0 Å². The second-order valence-electron chi connectivity index (χ2n) is 2.67. The predicted molar refractivity (Wildman–Crippen MR) is 57.2 cm³/mol. The van der Waals surface area contributed by atoms with E-state index in [0.29, 0.717) is 0 Å². The molecule has 0 aromatic carbocycles. The van der Waals surface area contributed by atoms with Gasteiger partial charge >= 0.3 is 0 Å². The number of hydrogen-bond acceptors (Lipinski definition) is 1. The van der Waals surface area contributed by atoms with Crippen molar-refractivity contribution in [1.82, 2.24) is 10.3 Å². The molecule has 1 rings (SSSR count). The predicted octanol–water partition coefficient (Wildman–Crippen LogP) is 2.32. The van der Waals surface area contributed by atoms with E-state index in [4.69, 9.17) is 0 Å². The zero-order chi connectivity index (χ0) is 9.52. The van der Waals surface area contributed by atoms with Crippen molar-refractivity contribution in [2.45, 2.75) is 0 Å². The maximum Gasteiger partial charge on any atom is 0.00781 e. The van der Waals surface area contributed by atoms with Crippen LogP contribution in [0.1, 0.15) is 5.56 Å². The summed E-state index contributed by atoms with van der Waals surface area (Å²) in [5.74, 6) is 0. The summed E-state index contributed by atoms with van der Waals surface area (Å²) in [6.07, 6.45) is 11.6. The maximum absolute atomic E-state index is 3.87. The summed E-state index contributed by atoms with van der Waals surface area (Å²) in [6.45, 7) is 3.87. The van der Waals surface area contributed by atoms with E-state index in [1.165, 1.54) is 0 Å². The van der Waals surface area contributed by atoms with Gasteiger partial charge in [0.05, 0.1) is 0 Å². The first-order valence-corrected chi connectivity index (χ1v) is 4.16. The smallest absolute Gasteiger partial charge is 0.00781 e. The molecule has 68 valence electrons. The van der Waals surface area contributed by atoms with E-state index in [1.54, 1.807) is 0 Å². The van der Waals surface area contributed by atoms with Gasteiger partial charge in [0.25, 0.3) is 0 Å². The molecule has 2 N–H and O–H groups in total. The van der Waals surface area contributed by atoms with Gasteiger partial charge in [-0.15, -0.1) is 0 Å². The van der Waals surface area contributed by atoms with Gasteiger partial charge in [0.15, 0.2) is 0 Å². The molecule has 2 nitrogen and oxygen atoms in total. The van der Waals surface area contributed by atoms with Crippen molar-refractivity contribution in [3.05, 3.63) is 54.5 Å². The first kappa shape index (κ1) is 9.39. The standard InChI is InChI=1S/C11H14N2/c1-10(5-7-12-2)3-4-11-6-8-13-9-11/h3-9,12-13H,1H2,2H3/b4-3+,7-5-. The molecular weight excluding hydrogens is 160 g/mol. The minimum absolute atomic E-state index is 0.968. The molecule has 0 aliphatic heterocycles. The van der Waals surface area contributed by atoms with E-state index in [-0.39, 0.29) is 0 Å². The second-order valence-corrected chi connectivity index (χ2v) is 2.67. The summed E-state index contributed by atoms with van der Waals surface area (Å²) in [6, 6.07) is 2.01. The largest absolute Gasteiger partial charge is 0.394 e. The van der Waals surface area contributed by atoms with Gasteiger partial charge in [0, 0.05) is 19.4 Å². The van der Waals surface area contributed by atoms with Gasteiger partial charge in [-0.1, -0.05) is 18.7 Å². The minimum atomic E-state index is 0.968. The lowest BCUT2D eigenvalue weighted by Gasteiger charge is -1.89. The van der Waals surface area contributed by atoms with Crippen molar-refractivity contribution in [2.75, 3.05) is 7.05 Å². The van der Waals surface area contributed by atoms with Crippen LogP contribution in [0.15, 0.2) is 49.0 Å². The van der Waals surface area contributed by atoms with Crippen LogP contribution in [0.4, 0.5) is 0 Å². The Kier molecular flexibility index (Phi) is 3.64. The van der Waals surface area contributed by atoms with Crippen LogP contribution in [0.2, 0.25) is 0 Å². The summed E-state index contributed by atoms with van der Waals surface area (Å²) in [4.78, 5) is 2.99. The lowest BCUT2D eigenvalue weighted by atomic mass is 10.2. The van der Waals surface area contributed by atoms with E-state index in [2.05, 4.69) is 16.9 Å². The molecule has 13 heavy (non-hydrogen) atoms. The zero-order valence-electron chi connectivity index (χ0n) is 7.75. The highest BCUT2D eigenvalue weighted by atomic mass is 14.8. The molecule has 0 spiro atoms. The highest BCUT2D eigenvalue weighted by molar-refractivity contribution is 5.53. The van der Waals surface area contributed by atoms with Crippen molar-refractivity contribution in [3.8, 4) is 0 Å². The Morgan fingerprint density at radius 3 is 3.00 bits per heavy atom. The SMILES string of the molecule is C=C(/C=C\NC)/C=C/c1cc[nH]c1. The third-order valence-electron chi connectivity index (χ3n) is 1.58. The van der Waals surface area contributed by atoms with Gasteiger partial charge in [0.1, 0.15) is 0 Å². The molecule has 0 aliphatic rings. The quantitative estimate of drug-likeness (QED) is 0.673. The van der Waals surface area contributed by atoms with E-state index in [9.17, 15) is 0 Å². The number of nitrogens with one attached hydrogen (secondary N) is 2. The van der Waals surface area contributed by atoms with E-state index < -0.39 is 0 Å². The van der Waals surface area contributed by atoms with Gasteiger partial charge in [0.2, 0.25) is 0 Å². The molecule has 0 aliphatic carbocycles. The molecular formula is C11H14N2. The van der Waals surface area contributed by atoms with Gasteiger partial charge in [-0.2, -0.15) is 0 Å². The highest BCUT2D eigenvalue weighted by Crippen LogP contribution is 2.03. The molecule has 1 heterocycles. The number of rotatable bonds is 4. The van der Waals surface area contributed by atoms with Crippen LogP contribution in [-0.2, 0) is 0 Å². The lowest BCUT2D eigenvalue weighted by molar-refractivity contribution is 1.10. The topological polar surface area (TPSA) is 27.8 Å². The number of H-pyrrole nitrogens is 1. The molecule has 0 unspecified atom stereocenters. The number of allylic oxidation sites excluding steroid dienone is 3. The fraction of sp³-hybridized carbons (Fsp3) is 0.0909. The fourth-order valence-corrected chi connectivity index (χ4v) is 0.890. The molecule has 1 aromatic rings. The van der Waals surface area contributed by atoms with Gasteiger partial charge in [-0.05, 0) is 29.5 Å². The normalized spacial score (nSPS) is 11.2. The van der Waals surface area contributed by atoms with Crippen LogP contribution in [0.5, 0.6) is 0 Å². The Hall–Kier alpha value is -1.70. The molecule has 0 fully saturated rings. The lowest BCUT2D eigenvalue weighted by Crippen LogP contribution is -1.90. The van der Waals surface area contributed by atoms with Crippen LogP contribution in [0, 0.1) is 0 Å². The Morgan fingerprint density at radius 1 is 1.54 bits per heavy atom. The Morgan fingerprint density at radius 2 is 2.38 bits per heavy atom. The molecule has 0 saturated carbocycles. The molecule has 0 amide bonds. The monoisotopic (exact) mass is 174 g/mol. The highest BCUT2D eigenvalue weighted by Gasteiger charge is 1.84. The van der Waals surface area contributed by atoms with Crippen LogP contribution >= 0.6 is 0 Å². The molecule has 1 aromatic heterocycles. The molecule has 0 radical (unpaired) electrons. The van der Waals surface area contributed by atoms with Crippen LogP contribution < -0.4 is 5.32 Å². The van der Waals surface area contributed by atoms with Gasteiger partial charge < -0.3 is 10.3 Å². The first-order valence-electron chi connectivity index (χ1n) is 4.16. The Balaban J connectivity index is 2.49. The third-order valence-corrected chi connectivity index (χ3v) is 1.58. The molecule has 2 heteroatoms. The number of aromatic amines is 1. The van der Waals surface area contributed by atoms with E-state index in [1.807, 2.05) is 49.9 Å². The van der Waals surface area contributed by atoms with Crippen LogP contribution in [-0.4, -0.2) is 12.0 Å².